The number of hydrogen-bond donors (Lipinski definition) is 2. The number of rotatable bonds is 9. The first-order valence-corrected chi connectivity index (χ1v) is 13.5. The lowest BCUT2D eigenvalue weighted by Gasteiger charge is -2.18. The van der Waals surface area contributed by atoms with E-state index in [9.17, 15) is 19.2 Å². The van der Waals surface area contributed by atoms with Crippen molar-refractivity contribution in [3.63, 3.8) is 0 Å². The van der Waals surface area contributed by atoms with Gasteiger partial charge in [-0.25, -0.2) is 4.79 Å². The second kappa shape index (κ2) is 18.3. The van der Waals surface area contributed by atoms with E-state index in [1.807, 2.05) is 0 Å². The number of nitrogens with one attached hydrogen (secondary N) is 2. The van der Waals surface area contributed by atoms with E-state index in [0.717, 1.165) is 30.9 Å². The average Bonchev–Trinajstić information content (AvgIpc) is 3.08. The number of terminal acetylenes is 1. The highest BCUT2D eigenvalue weighted by atomic mass is 16.7. The molecule has 1 aliphatic rings. The molecule has 0 atom stereocenters. The molecule has 1 aliphatic heterocycles. The largest absolute Gasteiger partial charge is 0.356 e. The molecule has 0 aromatic heterocycles. The number of carbonyl (C=O) groups excluding carboxylic acids is 4. The number of hydroxylamine groups is 2. The van der Waals surface area contributed by atoms with E-state index in [4.69, 9.17) is 11.3 Å². The SMILES string of the molecule is C#CCC(C)(C)C.C=C1CCC(=O)N1OC(=O)CCC(=O)NCCC(C)(C)C.C=CC(=O)NCCC(C)(C)C. The quantitative estimate of drug-likeness (QED) is 0.285. The Morgan fingerprint density at radius 1 is 0.923 bits per heavy atom. The van der Waals surface area contributed by atoms with E-state index in [1.54, 1.807) is 0 Å². The van der Waals surface area contributed by atoms with Crippen molar-refractivity contribution in [3.05, 3.63) is 24.9 Å². The van der Waals surface area contributed by atoms with Gasteiger partial charge >= 0.3 is 5.97 Å². The molecule has 0 aliphatic carbocycles. The summed E-state index contributed by atoms with van der Waals surface area (Å²) in [5.41, 5.74) is 1.23. The number of nitrogens with zero attached hydrogens (tertiary/aromatic N) is 1. The van der Waals surface area contributed by atoms with Crippen molar-refractivity contribution in [2.24, 2.45) is 16.2 Å². The third-order valence-electron chi connectivity index (χ3n) is 5.08. The summed E-state index contributed by atoms with van der Waals surface area (Å²) in [4.78, 5) is 50.2. The van der Waals surface area contributed by atoms with Gasteiger partial charge in [0, 0.05) is 32.4 Å². The minimum absolute atomic E-state index is 0.0531. The fraction of sp³-hybridized carbons (Fsp3) is 0.677. The van der Waals surface area contributed by atoms with Gasteiger partial charge < -0.3 is 15.5 Å². The van der Waals surface area contributed by atoms with Crippen LogP contribution < -0.4 is 10.6 Å². The van der Waals surface area contributed by atoms with Crippen LogP contribution in [0.1, 0.15) is 107 Å². The second-order valence-corrected chi connectivity index (χ2v) is 13.1. The van der Waals surface area contributed by atoms with Crippen LogP contribution in [0.25, 0.3) is 0 Å². The van der Waals surface area contributed by atoms with Crippen LogP contribution in [0.15, 0.2) is 24.9 Å². The van der Waals surface area contributed by atoms with Crippen LogP contribution in [0.2, 0.25) is 0 Å². The van der Waals surface area contributed by atoms with E-state index in [2.05, 4.69) is 92.0 Å². The Balaban J connectivity index is 0. The van der Waals surface area contributed by atoms with Gasteiger partial charge in [-0.05, 0) is 41.6 Å². The minimum atomic E-state index is -0.600. The molecule has 8 nitrogen and oxygen atoms in total. The zero-order valence-corrected chi connectivity index (χ0v) is 25.9. The van der Waals surface area contributed by atoms with Gasteiger partial charge in [0.05, 0.1) is 12.1 Å². The molecular weight excluding hydrogens is 494 g/mol. The summed E-state index contributed by atoms with van der Waals surface area (Å²) in [5.74, 6) is 1.45. The zero-order valence-electron chi connectivity index (χ0n) is 25.9. The molecule has 0 aromatic rings. The zero-order chi connectivity index (χ0) is 30.9. The second-order valence-electron chi connectivity index (χ2n) is 13.1. The number of carbonyl (C=O) groups is 4. The van der Waals surface area contributed by atoms with Crippen molar-refractivity contribution in [2.45, 2.75) is 107 Å². The van der Waals surface area contributed by atoms with E-state index >= 15 is 0 Å². The molecule has 222 valence electrons. The third-order valence-corrected chi connectivity index (χ3v) is 5.08. The molecule has 1 saturated heterocycles. The lowest BCUT2D eigenvalue weighted by molar-refractivity contribution is -0.186. The Labute approximate surface area is 237 Å². The Kier molecular flexibility index (Phi) is 17.8. The molecule has 0 spiro atoms. The summed E-state index contributed by atoms with van der Waals surface area (Å²) >= 11 is 0. The highest BCUT2D eigenvalue weighted by molar-refractivity contribution is 5.86. The van der Waals surface area contributed by atoms with E-state index < -0.39 is 5.97 Å². The maximum absolute atomic E-state index is 11.6. The van der Waals surface area contributed by atoms with Gasteiger partial charge in [0.25, 0.3) is 5.91 Å². The average molecular weight is 548 g/mol. The van der Waals surface area contributed by atoms with Crippen LogP contribution in [-0.2, 0) is 24.0 Å². The topological polar surface area (TPSA) is 105 Å². The smallest absolute Gasteiger partial charge is 0.333 e. The first kappa shape index (κ1) is 38.1. The summed E-state index contributed by atoms with van der Waals surface area (Å²) in [6.45, 7) is 27.4. The van der Waals surface area contributed by atoms with Crippen molar-refractivity contribution >= 4 is 23.7 Å². The summed E-state index contributed by atoms with van der Waals surface area (Å²) in [7, 11) is 0. The lowest BCUT2D eigenvalue weighted by atomic mass is 9.92. The molecule has 0 unspecified atom stereocenters. The highest BCUT2D eigenvalue weighted by Crippen LogP contribution is 2.21. The number of allylic oxidation sites excluding steroid dienone is 1. The molecular formula is C31H53N3O5. The van der Waals surface area contributed by atoms with E-state index in [-0.39, 0.29) is 41.4 Å². The van der Waals surface area contributed by atoms with Crippen molar-refractivity contribution in [2.75, 3.05) is 13.1 Å². The van der Waals surface area contributed by atoms with Gasteiger partial charge in [-0.2, -0.15) is 0 Å². The first-order chi connectivity index (χ1) is 17.7. The van der Waals surface area contributed by atoms with Gasteiger partial charge in [0.15, 0.2) is 0 Å². The molecule has 0 saturated carbocycles. The fourth-order valence-corrected chi connectivity index (χ4v) is 2.71. The van der Waals surface area contributed by atoms with Crippen LogP contribution >= 0.6 is 0 Å². The first-order valence-electron chi connectivity index (χ1n) is 13.5. The van der Waals surface area contributed by atoms with Crippen molar-refractivity contribution in [3.8, 4) is 12.3 Å². The normalized spacial score (nSPS) is 13.2. The summed E-state index contributed by atoms with van der Waals surface area (Å²) in [6.07, 6.45) is 9.89. The molecule has 3 amide bonds. The van der Waals surface area contributed by atoms with Gasteiger partial charge in [-0.3, -0.25) is 14.4 Å². The maximum Gasteiger partial charge on any atom is 0.333 e. The van der Waals surface area contributed by atoms with E-state index in [1.165, 1.54) is 6.08 Å². The molecule has 1 fully saturated rings. The Morgan fingerprint density at radius 2 is 1.44 bits per heavy atom. The predicted molar refractivity (Wildman–Crippen MR) is 158 cm³/mol. The summed E-state index contributed by atoms with van der Waals surface area (Å²) in [6, 6.07) is 0. The van der Waals surface area contributed by atoms with Crippen LogP contribution in [-0.4, -0.2) is 41.8 Å². The maximum atomic E-state index is 11.6. The molecule has 0 radical (unpaired) electrons. The van der Waals surface area contributed by atoms with Crippen molar-refractivity contribution < 1.29 is 24.0 Å². The molecule has 1 rings (SSSR count). The van der Waals surface area contributed by atoms with Crippen molar-refractivity contribution in [1.82, 2.24) is 15.7 Å². The molecule has 0 aromatic carbocycles. The van der Waals surface area contributed by atoms with Gasteiger partial charge in [-0.15, -0.1) is 17.4 Å². The summed E-state index contributed by atoms with van der Waals surface area (Å²) < 4.78 is 0. The van der Waals surface area contributed by atoms with Gasteiger partial charge in [0.1, 0.15) is 0 Å². The van der Waals surface area contributed by atoms with Crippen LogP contribution in [0.5, 0.6) is 0 Å². The Bertz CT molecular complexity index is 849. The highest BCUT2D eigenvalue weighted by Gasteiger charge is 2.28. The molecule has 8 heteroatoms. The third kappa shape index (κ3) is 25.0. The van der Waals surface area contributed by atoms with Crippen LogP contribution in [0.3, 0.4) is 0 Å². The number of amides is 3. The van der Waals surface area contributed by atoms with E-state index in [0.29, 0.717) is 30.5 Å². The Hall–Kier alpha value is -3.08. The molecule has 1 heterocycles. The van der Waals surface area contributed by atoms with Gasteiger partial charge in [-0.1, -0.05) is 75.5 Å². The molecule has 39 heavy (non-hydrogen) atoms. The van der Waals surface area contributed by atoms with Gasteiger partial charge in [0.2, 0.25) is 11.8 Å². The summed E-state index contributed by atoms with van der Waals surface area (Å²) in [5, 5.41) is 6.42. The standard InChI is InChI=1S/C15H24N2O4.C9H17NO.C7H12/c1-11-5-7-13(19)17(11)21-14(20)8-6-12(18)16-10-9-15(2,3)4;1-5-8(11)10-7-6-9(2,3)4;1-5-6-7(2,3)4/h1,5-10H2,2-4H3,(H,16,18);5H,1,6-7H2,2-4H3,(H,10,11);1H,6H2,2-4H3. The Morgan fingerprint density at radius 3 is 1.79 bits per heavy atom. The minimum Gasteiger partial charge on any atom is -0.356 e. The van der Waals surface area contributed by atoms with Crippen molar-refractivity contribution in [1.29, 1.82) is 0 Å². The lowest BCUT2D eigenvalue weighted by Crippen LogP contribution is -2.29. The monoisotopic (exact) mass is 547 g/mol. The number of hydrogen-bond acceptors (Lipinski definition) is 5. The fourth-order valence-electron chi connectivity index (χ4n) is 2.71. The van der Waals surface area contributed by atoms with Crippen LogP contribution in [0, 0.1) is 28.6 Å². The predicted octanol–water partition coefficient (Wildman–Crippen LogP) is 5.69. The molecule has 2 N–H and O–H groups in total. The van der Waals surface area contributed by atoms with Crippen LogP contribution in [0.4, 0.5) is 0 Å². The molecule has 0 bridgehead atoms.